The van der Waals surface area contributed by atoms with Crippen molar-refractivity contribution in [2.75, 3.05) is 0 Å². The Morgan fingerprint density at radius 3 is 2.19 bits per heavy atom. The Kier molecular flexibility index (Phi) is 2.78. The molecule has 2 atom stereocenters. The van der Waals surface area contributed by atoms with E-state index >= 15 is 0 Å². The molecule has 0 aromatic carbocycles. The molecule has 3 rings (SSSR count). The molecule has 0 saturated heterocycles. The first kappa shape index (κ1) is 11.1. The van der Waals surface area contributed by atoms with E-state index in [0.29, 0.717) is 5.54 Å². The van der Waals surface area contributed by atoms with Crippen LogP contribution in [0, 0.1) is 23.7 Å². The summed E-state index contributed by atoms with van der Waals surface area (Å²) < 4.78 is 0. The van der Waals surface area contributed by atoms with Crippen molar-refractivity contribution in [1.82, 2.24) is 0 Å². The molecule has 0 radical (unpaired) electrons. The molecule has 0 aromatic heterocycles. The van der Waals surface area contributed by atoms with Crippen molar-refractivity contribution in [2.45, 2.75) is 70.3 Å². The van der Waals surface area contributed by atoms with Gasteiger partial charge in [-0.1, -0.05) is 39.0 Å². The van der Waals surface area contributed by atoms with Crippen LogP contribution in [0.1, 0.15) is 64.7 Å². The van der Waals surface area contributed by atoms with E-state index in [-0.39, 0.29) is 0 Å². The third-order valence-corrected chi connectivity index (χ3v) is 5.94. The fourth-order valence-electron chi connectivity index (χ4n) is 5.01. The molecule has 2 N–H and O–H groups in total. The summed E-state index contributed by atoms with van der Waals surface area (Å²) in [5.74, 6) is 3.78. The molecule has 0 aromatic rings. The fourth-order valence-corrected chi connectivity index (χ4v) is 5.01. The Labute approximate surface area is 100 Å². The van der Waals surface area contributed by atoms with E-state index in [9.17, 15) is 0 Å². The first-order valence-electron chi connectivity index (χ1n) is 7.55. The van der Waals surface area contributed by atoms with Gasteiger partial charge < -0.3 is 5.73 Å². The summed E-state index contributed by atoms with van der Waals surface area (Å²) >= 11 is 0. The van der Waals surface area contributed by atoms with E-state index in [4.69, 9.17) is 5.73 Å². The minimum Gasteiger partial charge on any atom is -0.324 e. The van der Waals surface area contributed by atoms with Crippen molar-refractivity contribution in [3.05, 3.63) is 0 Å². The van der Waals surface area contributed by atoms with Crippen molar-refractivity contribution in [3.8, 4) is 0 Å². The van der Waals surface area contributed by atoms with Crippen LogP contribution in [0.5, 0.6) is 0 Å². The van der Waals surface area contributed by atoms with Crippen LogP contribution in [0.4, 0.5) is 0 Å². The van der Waals surface area contributed by atoms with Crippen LogP contribution in [0.15, 0.2) is 0 Å². The van der Waals surface area contributed by atoms with Crippen molar-refractivity contribution in [1.29, 1.82) is 0 Å². The summed E-state index contributed by atoms with van der Waals surface area (Å²) in [6.45, 7) is 2.32. The summed E-state index contributed by atoms with van der Waals surface area (Å²) in [5.41, 5.74) is 7.01. The summed E-state index contributed by atoms with van der Waals surface area (Å²) in [6, 6.07) is 0. The standard InChI is InChI=1S/C15H27N/c1-2-4-11-7-9-12(10-8-11)15(16)13-5-3-6-14(13)15/h11-14H,2-10,16H2,1H3. The smallest absolute Gasteiger partial charge is 0.0246 e. The van der Waals surface area contributed by atoms with Crippen molar-refractivity contribution in [2.24, 2.45) is 29.4 Å². The van der Waals surface area contributed by atoms with E-state index < -0.39 is 0 Å². The van der Waals surface area contributed by atoms with Gasteiger partial charge in [-0.3, -0.25) is 0 Å². The summed E-state index contributed by atoms with van der Waals surface area (Å²) in [4.78, 5) is 0. The van der Waals surface area contributed by atoms with Gasteiger partial charge in [0.15, 0.2) is 0 Å². The molecule has 0 bridgehead atoms. The van der Waals surface area contributed by atoms with Gasteiger partial charge in [-0.2, -0.15) is 0 Å². The first-order chi connectivity index (χ1) is 7.76. The van der Waals surface area contributed by atoms with Crippen molar-refractivity contribution < 1.29 is 0 Å². The number of fused-ring (bicyclic) bond motifs is 1. The summed E-state index contributed by atoms with van der Waals surface area (Å²) in [7, 11) is 0. The average molecular weight is 221 g/mol. The van der Waals surface area contributed by atoms with Crippen LogP contribution in [0.3, 0.4) is 0 Å². The molecule has 3 saturated carbocycles. The number of nitrogens with two attached hydrogens (primary N) is 1. The number of hydrogen-bond donors (Lipinski definition) is 1. The molecular weight excluding hydrogens is 194 g/mol. The number of rotatable bonds is 3. The summed E-state index contributed by atoms with van der Waals surface area (Å²) in [5, 5.41) is 0. The van der Waals surface area contributed by atoms with Gasteiger partial charge >= 0.3 is 0 Å². The molecule has 92 valence electrons. The lowest BCUT2D eigenvalue weighted by Gasteiger charge is -2.34. The topological polar surface area (TPSA) is 26.0 Å². The Morgan fingerprint density at radius 2 is 1.62 bits per heavy atom. The number of hydrogen-bond acceptors (Lipinski definition) is 1. The third-order valence-electron chi connectivity index (χ3n) is 5.94. The first-order valence-corrected chi connectivity index (χ1v) is 7.55. The van der Waals surface area contributed by atoms with Crippen LogP contribution < -0.4 is 5.73 Å². The van der Waals surface area contributed by atoms with Gasteiger partial charge in [0.2, 0.25) is 0 Å². The Balaban J connectivity index is 1.55. The average Bonchev–Trinajstić information content (AvgIpc) is 2.68. The highest BCUT2D eigenvalue weighted by atomic mass is 14.9. The molecular formula is C15H27N. The minimum absolute atomic E-state index is 0.315. The van der Waals surface area contributed by atoms with Gasteiger partial charge in [-0.15, -0.1) is 0 Å². The second kappa shape index (κ2) is 4.01. The lowest BCUT2D eigenvalue weighted by molar-refractivity contribution is 0.203. The Bertz CT molecular complexity index is 242. The zero-order chi connectivity index (χ0) is 11.2. The Morgan fingerprint density at radius 1 is 1.00 bits per heavy atom. The minimum atomic E-state index is 0.315. The van der Waals surface area contributed by atoms with Crippen LogP contribution in [0.25, 0.3) is 0 Å². The van der Waals surface area contributed by atoms with Gasteiger partial charge in [-0.25, -0.2) is 0 Å². The SMILES string of the molecule is CCCC1CCC(C2(N)C3CCCC32)CC1. The molecule has 2 unspecified atom stereocenters. The lowest BCUT2D eigenvalue weighted by atomic mass is 9.74. The van der Waals surface area contributed by atoms with E-state index in [1.54, 1.807) is 0 Å². The highest BCUT2D eigenvalue weighted by molar-refractivity contribution is 5.21. The quantitative estimate of drug-likeness (QED) is 0.772. The normalized spacial score (nSPS) is 51.4. The summed E-state index contributed by atoms with van der Waals surface area (Å²) in [6.07, 6.45) is 13.0. The molecule has 3 aliphatic carbocycles. The molecule has 16 heavy (non-hydrogen) atoms. The maximum atomic E-state index is 6.69. The molecule has 1 nitrogen and oxygen atoms in total. The monoisotopic (exact) mass is 221 g/mol. The largest absolute Gasteiger partial charge is 0.324 e. The lowest BCUT2D eigenvalue weighted by Crippen LogP contribution is -2.39. The highest BCUT2D eigenvalue weighted by Gasteiger charge is 2.66. The van der Waals surface area contributed by atoms with E-state index in [0.717, 1.165) is 23.7 Å². The van der Waals surface area contributed by atoms with Crippen LogP contribution in [-0.4, -0.2) is 5.54 Å². The van der Waals surface area contributed by atoms with Crippen molar-refractivity contribution >= 4 is 0 Å². The van der Waals surface area contributed by atoms with Crippen molar-refractivity contribution in [3.63, 3.8) is 0 Å². The molecule has 0 heterocycles. The Hall–Kier alpha value is -0.0400. The van der Waals surface area contributed by atoms with Gasteiger partial charge in [0.25, 0.3) is 0 Å². The third kappa shape index (κ3) is 1.54. The zero-order valence-electron chi connectivity index (χ0n) is 10.8. The molecule has 0 amide bonds. The molecule has 0 spiro atoms. The zero-order valence-corrected chi connectivity index (χ0v) is 10.8. The van der Waals surface area contributed by atoms with Crippen LogP contribution in [-0.2, 0) is 0 Å². The van der Waals surface area contributed by atoms with Crippen LogP contribution >= 0.6 is 0 Å². The van der Waals surface area contributed by atoms with Crippen LogP contribution in [0.2, 0.25) is 0 Å². The van der Waals surface area contributed by atoms with E-state index in [1.165, 1.54) is 57.8 Å². The maximum absolute atomic E-state index is 6.69. The molecule has 3 fully saturated rings. The van der Waals surface area contributed by atoms with E-state index in [2.05, 4.69) is 6.92 Å². The van der Waals surface area contributed by atoms with E-state index in [1.807, 2.05) is 0 Å². The van der Waals surface area contributed by atoms with Gasteiger partial charge in [0.1, 0.15) is 0 Å². The maximum Gasteiger partial charge on any atom is 0.0246 e. The molecule has 1 heteroatoms. The fraction of sp³-hybridized carbons (Fsp3) is 1.00. The molecule has 3 aliphatic rings. The predicted octanol–water partition coefficient (Wildman–Crippen LogP) is 3.72. The van der Waals surface area contributed by atoms with Gasteiger partial charge in [0, 0.05) is 5.54 Å². The second-order valence-corrected chi connectivity index (χ2v) is 6.65. The predicted molar refractivity (Wildman–Crippen MR) is 68.1 cm³/mol. The second-order valence-electron chi connectivity index (χ2n) is 6.65. The van der Waals surface area contributed by atoms with Gasteiger partial charge in [0.05, 0.1) is 0 Å². The van der Waals surface area contributed by atoms with Gasteiger partial charge in [-0.05, 0) is 49.4 Å². The highest BCUT2D eigenvalue weighted by Crippen LogP contribution is 2.64. The molecule has 0 aliphatic heterocycles.